The molecular weight excluding hydrogens is 429 g/mol. The van der Waals surface area contributed by atoms with Crippen molar-refractivity contribution in [2.45, 2.75) is 10.4 Å². The molecular formula is C27H15F3OS. The molecule has 5 aromatic carbocycles. The Kier molecular flexibility index (Phi) is 4.08. The maximum atomic E-state index is 12.8. The van der Waals surface area contributed by atoms with E-state index in [9.17, 15) is 17.4 Å². The van der Waals surface area contributed by atoms with Gasteiger partial charge in [0.25, 0.3) is 0 Å². The molecule has 0 saturated heterocycles. The van der Waals surface area contributed by atoms with Crippen LogP contribution >= 0.6 is 0 Å². The average molecular weight is 444 g/mol. The van der Waals surface area contributed by atoms with Crippen LogP contribution in [0.1, 0.15) is 0 Å². The summed E-state index contributed by atoms with van der Waals surface area (Å²) in [5, 5.41) is 3.80. The molecule has 1 nitrogen and oxygen atoms in total. The lowest BCUT2D eigenvalue weighted by Crippen LogP contribution is -2.16. The van der Waals surface area contributed by atoms with Crippen molar-refractivity contribution in [1.29, 1.82) is 0 Å². The van der Waals surface area contributed by atoms with Gasteiger partial charge in [0.05, 0.1) is 0 Å². The Hall–Kier alpha value is -3.44. The Balaban J connectivity index is 1.51. The van der Waals surface area contributed by atoms with Gasteiger partial charge in [-0.15, -0.1) is 0 Å². The van der Waals surface area contributed by atoms with Crippen LogP contribution in [0.4, 0.5) is 13.2 Å². The van der Waals surface area contributed by atoms with Crippen LogP contribution < -0.4 is 0 Å². The highest BCUT2D eigenvalue weighted by atomic mass is 32.2. The van der Waals surface area contributed by atoms with E-state index in [1.165, 1.54) is 39.8 Å². The zero-order valence-electron chi connectivity index (χ0n) is 16.6. The highest BCUT2D eigenvalue weighted by Crippen LogP contribution is 2.49. The Morgan fingerprint density at radius 2 is 1.22 bits per heavy atom. The van der Waals surface area contributed by atoms with Crippen molar-refractivity contribution in [2.24, 2.45) is 0 Å². The lowest BCUT2D eigenvalue weighted by Gasteiger charge is -2.11. The molecule has 5 aromatic rings. The van der Waals surface area contributed by atoms with Gasteiger partial charge in [0, 0.05) is 4.90 Å². The van der Waals surface area contributed by atoms with E-state index in [0.29, 0.717) is 5.39 Å². The Morgan fingerprint density at radius 3 is 1.97 bits per heavy atom. The summed E-state index contributed by atoms with van der Waals surface area (Å²) in [5.74, 6) is 0. The average Bonchev–Trinajstić information content (AvgIpc) is 3.13. The van der Waals surface area contributed by atoms with E-state index in [1.54, 1.807) is 12.1 Å². The fraction of sp³-hybridized carbons (Fsp3) is 0.0370. The topological polar surface area (TPSA) is 17.1 Å². The molecule has 0 N–H and O–H groups in total. The summed E-state index contributed by atoms with van der Waals surface area (Å²) in [6, 6.07) is 28.9. The summed E-state index contributed by atoms with van der Waals surface area (Å²) >= 11 is 0. The van der Waals surface area contributed by atoms with Crippen molar-refractivity contribution < 1.29 is 17.4 Å². The fourth-order valence-electron chi connectivity index (χ4n) is 4.70. The lowest BCUT2D eigenvalue weighted by atomic mass is 9.93. The summed E-state index contributed by atoms with van der Waals surface area (Å²) in [6.07, 6.45) is 0. The number of fused-ring (bicyclic) bond motifs is 4. The zero-order valence-corrected chi connectivity index (χ0v) is 17.4. The third-order valence-corrected chi connectivity index (χ3v) is 7.20. The quantitative estimate of drug-likeness (QED) is 0.265. The van der Waals surface area contributed by atoms with Crippen molar-refractivity contribution in [2.75, 3.05) is 0 Å². The maximum absolute atomic E-state index is 12.8. The minimum absolute atomic E-state index is 0.235. The van der Waals surface area contributed by atoms with Gasteiger partial charge in [0.15, 0.2) is 10.8 Å². The predicted molar refractivity (Wildman–Crippen MR) is 124 cm³/mol. The standard InChI is InChI=1S/C27H15F3OS/c28-27(29,30)32(31)19-11-10-16-14-18(9-8-17(16)15-19)20-12-13-25-22-5-2-1-4-21(22)24-7-3-6-23(20)26(24)25/h1-15H. The van der Waals surface area contributed by atoms with Crippen molar-refractivity contribution in [1.82, 2.24) is 0 Å². The summed E-state index contributed by atoms with van der Waals surface area (Å²) in [5.41, 5.74) is 2.19. The second-order valence-corrected chi connectivity index (χ2v) is 9.34. The number of alkyl halides is 3. The van der Waals surface area contributed by atoms with Crippen LogP contribution in [0.2, 0.25) is 0 Å². The van der Waals surface area contributed by atoms with Gasteiger partial charge >= 0.3 is 5.51 Å². The number of rotatable bonds is 2. The van der Waals surface area contributed by atoms with E-state index < -0.39 is 16.3 Å². The smallest absolute Gasteiger partial charge is 0.245 e. The van der Waals surface area contributed by atoms with E-state index in [4.69, 9.17) is 0 Å². The van der Waals surface area contributed by atoms with E-state index in [1.807, 2.05) is 24.3 Å². The van der Waals surface area contributed by atoms with E-state index >= 15 is 0 Å². The van der Waals surface area contributed by atoms with Crippen LogP contribution in [0.25, 0.3) is 54.9 Å². The van der Waals surface area contributed by atoms with Crippen LogP contribution in [0, 0.1) is 0 Å². The van der Waals surface area contributed by atoms with E-state index in [0.717, 1.165) is 21.9 Å². The molecule has 0 heterocycles. The van der Waals surface area contributed by atoms with Gasteiger partial charge in [-0.2, -0.15) is 13.2 Å². The van der Waals surface area contributed by atoms with Crippen molar-refractivity contribution in [3.05, 3.63) is 91.0 Å². The third kappa shape index (κ3) is 2.81. The molecule has 32 heavy (non-hydrogen) atoms. The number of halogens is 3. The van der Waals surface area contributed by atoms with Crippen molar-refractivity contribution >= 4 is 32.3 Å². The first-order valence-corrected chi connectivity index (χ1v) is 11.2. The summed E-state index contributed by atoms with van der Waals surface area (Å²) in [7, 11) is -3.03. The number of hydrogen-bond acceptors (Lipinski definition) is 1. The molecule has 1 aliphatic carbocycles. The molecule has 5 heteroatoms. The molecule has 0 spiro atoms. The SMILES string of the molecule is O=S(c1ccc2cc(-c3ccc4c5c(cccc35)-c3ccccc3-4)ccc2c1)C(F)(F)F. The van der Waals surface area contributed by atoms with Gasteiger partial charge in [-0.05, 0) is 73.1 Å². The highest BCUT2D eigenvalue weighted by Gasteiger charge is 2.38. The van der Waals surface area contributed by atoms with E-state index in [2.05, 4.69) is 42.5 Å². The lowest BCUT2D eigenvalue weighted by molar-refractivity contribution is -0.0384. The Morgan fingerprint density at radius 1 is 0.594 bits per heavy atom. The molecule has 0 saturated carbocycles. The van der Waals surface area contributed by atoms with Gasteiger partial charge in [-0.3, -0.25) is 0 Å². The first-order valence-electron chi connectivity index (χ1n) is 10.1. The number of hydrogen-bond donors (Lipinski definition) is 0. The summed E-state index contributed by atoms with van der Waals surface area (Å²) < 4.78 is 50.2. The molecule has 0 aliphatic heterocycles. The van der Waals surface area contributed by atoms with Gasteiger partial charge < -0.3 is 0 Å². The molecule has 0 bridgehead atoms. The van der Waals surface area contributed by atoms with Crippen LogP contribution in [-0.2, 0) is 10.8 Å². The first-order chi connectivity index (χ1) is 15.4. The molecule has 0 aromatic heterocycles. The zero-order chi connectivity index (χ0) is 22.0. The van der Waals surface area contributed by atoms with Gasteiger partial charge in [-0.1, -0.05) is 72.8 Å². The highest BCUT2D eigenvalue weighted by molar-refractivity contribution is 7.86. The monoisotopic (exact) mass is 444 g/mol. The Bertz CT molecular complexity index is 1550. The molecule has 1 atom stereocenters. The number of benzene rings is 5. The summed E-state index contributed by atoms with van der Waals surface area (Å²) in [4.78, 5) is -0.235. The maximum Gasteiger partial charge on any atom is 0.475 e. The van der Waals surface area contributed by atoms with E-state index in [-0.39, 0.29) is 4.90 Å². The first kappa shape index (κ1) is 19.3. The van der Waals surface area contributed by atoms with Crippen LogP contribution in [0.15, 0.2) is 95.9 Å². The van der Waals surface area contributed by atoms with Crippen LogP contribution in [-0.4, -0.2) is 9.72 Å². The Labute approximate surface area is 184 Å². The molecule has 1 unspecified atom stereocenters. The van der Waals surface area contributed by atoms with Gasteiger partial charge in [0.2, 0.25) is 0 Å². The molecule has 1 aliphatic rings. The molecule has 6 rings (SSSR count). The summed E-state index contributed by atoms with van der Waals surface area (Å²) in [6.45, 7) is 0. The fourth-order valence-corrected chi connectivity index (χ4v) is 5.39. The molecule has 0 fully saturated rings. The minimum atomic E-state index is -4.77. The predicted octanol–water partition coefficient (Wildman–Crippen LogP) is 7.93. The normalized spacial score (nSPS) is 13.5. The second-order valence-electron chi connectivity index (χ2n) is 7.87. The van der Waals surface area contributed by atoms with Gasteiger partial charge in [-0.25, -0.2) is 4.21 Å². The molecule has 156 valence electrons. The van der Waals surface area contributed by atoms with Crippen molar-refractivity contribution in [3.8, 4) is 33.4 Å². The van der Waals surface area contributed by atoms with Crippen LogP contribution in [0.5, 0.6) is 0 Å². The third-order valence-electron chi connectivity index (χ3n) is 6.10. The van der Waals surface area contributed by atoms with Crippen molar-refractivity contribution in [3.63, 3.8) is 0 Å². The minimum Gasteiger partial charge on any atom is -0.245 e. The largest absolute Gasteiger partial charge is 0.475 e. The molecule has 0 radical (unpaired) electrons. The van der Waals surface area contributed by atoms with Crippen LogP contribution in [0.3, 0.4) is 0 Å². The van der Waals surface area contributed by atoms with Gasteiger partial charge in [0.1, 0.15) is 0 Å². The second kappa shape index (κ2) is 6.78. The molecule has 0 amide bonds.